The summed E-state index contributed by atoms with van der Waals surface area (Å²) in [5.74, 6) is 0.687. The lowest BCUT2D eigenvalue weighted by molar-refractivity contribution is 0.0975. The van der Waals surface area contributed by atoms with Crippen molar-refractivity contribution >= 4 is 17.3 Å². The fourth-order valence-electron chi connectivity index (χ4n) is 3.36. The smallest absolute Gasteiger partial charge is 0.262 e. The van der Waals surface area contributed by atoms with Crippen LogP contribution < -0.4 is 15.0 Å². The van der Waals surface area contributed by atoms with Gasteiger partial charge >= 0.3 is 0 Å². The summed E-state index contributed by atoms with van der Waals surface area (Å²) < 4.78 is 5.52. The third-order valence-corrected chi connectivity index (χ3v) is 4.71. The van der Waals surface area contributed by atoms with Gasteiger partial charge in [-0.25, -0.2) is 0 Å². The number of nitriles is 1. The molecule has 0 fully saturated rings. The maximum absolute atomic E-state index is 13.3. The van der Waals surface area contributed by atoms with E-state index in [2.05, 4.69) is 11.4 Å². The lowest BCUT2D eigenvalue weighted by Crippen LogP contribution is -2.43. The maximum atomic E-state index is 13.3. The van der Waals surface area contributed by atoms with Gasteiger partial charge in [0.2, 0.25) is 0 Å². The molecule has 4 rings (SSSR count). The van der Waals surface area contributed by atoms with Gasteiger partial charge in [0.1, 0.15) is 11.9 Å². The number of carbonyl (C=O) groups is 1. The Labute approximate surface area is 163 Å². The number of nitrogens with one attached hydrogen (secondary N) is 1. The number of ether oxygens (including phenoxy) is 1. The van der Waals surface area contributed by atoms with Gasteiger partial charge in [0.05, 0.1) is 23.8 Å². The van der Waals surface area contributed by atoms with E-state index in [9.17, 15) is 4.79 Å². The highest BCUT2D eigenvalue weighted by atomic mass is 16.5. The van der Waals surface area contributed by atoms with Gasteiger partial charge in [0, 0.05) is 11.4 Å². The predicted octanol–water partition coefficient (Wildman–Crippen LogP) is 4.73. The summed E-state index contributed by atoms with van der Waals surface area (Å²) in [7, 11) is 0. The molecule has 1 aliphatic heterocycles. The van der Waals surface area contributed by atoms with Crippen LogP contribution in [-0.2, 0) is 0 Å². The molecule has 1 heterocycles. The lowest BCUT2D eigenvalue weighted by Gasteiger charge is -2.38. The van der Waals surface area contributed by atoms with E-state index in [4.69, 9.17) is 10.00 Å². The second-order valence-corrected chi connectivity index (χ2v) is 6.43. The van der Waals surface area contributed by atoms with Crippen molar-refractivity contribution in [2.75, 3.05) is 16.8 Å². The molecule has 1 aliphatic rings. The van der Waals surface area contributed by atoms with Crippen molar-refractivity contribution in [2.24, 2.45) is 0 Å². The Morgan fingerprint density at radius 3 is 2.43 bits per heavy atom. The third kappa shape index (κ3) is 3.17. The number of benzene rings is 3. The Morgan fingerprint density at radius 1 is 1.04 bits per heavy atom. The van der Waals surface area contributed by atoms with Crippen LogP contribution >= 0.6 is 0 Å². The first-order valence-electron chi connectivity index (χ1n) is 9.13. The van der Waals surface area contributed by atoms with Crippen LogP contribution in [0.4, 0.5) is 11.4 Å². The number of hydrogen-bond acceptors (Lipinski definition) is 4. The topological polar surface area (TPSA) is 65.4 Å². The molecule has 1 unspecified atom stereocenters. The van der Waals surface area contributed by atoms with Crippen LogP contribution in [0.2, 0.25) is 0 Å². The standard InChI is InChI=1S/C23H19N3O2/c1-2-28-19-13-11-18(12-14-19)26-22(17-9-7-16(15-24)8-10-17)25-21-6-4-3-5-20(21)23(26)27/h3-14,22,25H,2H2,1H3. The molecule has 0 aliphatic carbocycles. The van der Waals surface area contributed by atoms with E-state index in [1.807, 2.05) is 67.6 Å². The minimum atomic E-state index is -0.381. The van der Waals surface area contributed by atoms with Crippen molar-refractivity contribution in [3.05, 3.63) is 89.5 Å². The summed E-state index contributed by atoms with van der Waals surface area (Å²) in [6, 6.07) is 24.4. The van der Waals surface area contributed by atoms with E-state index in [0.29, 0.717) is 17.7 Å². The van der Waals surface area contributed by atoms with Gasteiger partial charge in [-0.05, 0) is 61.0 Å². The van der Waals surface area contributed by atoms with Gasteiger partial charge in [-0.2, -0.15) is 5.26 Å². The Kier molecular flexibility index (Phi) is 4.69. The Hall–Kier alpha value is -3.78. The number of hydrogen-bond donors (Lipinski definition) is 1. The first-order valence-corrected chi connectivity index (χ1v) is 9.13. The second-order valence-electron chi connectivity index (χ2n) is 6.43. The minimum Gasteiger partial charge on any atom is -0.494 e. The van der Waals surface area contributed by atoms with Crippen molar-refractivity contribution in [3.8, 4) is 11.8 Å². The molecule has 5 nitrogen and oxygen atoms in total. The minimum absolute atomic E-state index is 0.0760. The molecule has 0 saturated heterocycles. The van der Waals surface area contributed by atoms with Crippen LogP contribution in [-0.4, -0.2) is 12.5 Å². The molecule has 0 radical (unpaired) electrons. The summed E-state index contributed by atoms with van der Waals surface area (Å²) in [5, 5.41) is 12.5. The quantitative estimate of drug-likeness (QED) is 0.722. The van der Waals surface area contributed by atoms with Crippen molar-refractivity contribution in [3.63, 3.8) is 0 Å². The zero-order chi connectivity index (χ0) is 19.5. The molecule has 5 heteroatoms. The molecule has 138 valence electrons. The van der Waals surface area contributed by atoms with Gasteiger partial charge in [0.15, 0.2) is 0 Å². The normalized spacial score (nSPS) is 15.4. The Bertz CT molecular complexity index is 1040. The fraction of sp³-hybridized carbons (Fsp3) is 0.130. The highest BCUT2D eigenvalue weighted by Crippen LogP contribution is 2.37. The average molecular weight is 369 g/mol. The van der Waals surface area contributed by atoms with Crippen molar-refractivity contribution in [1.29, 1.82) is 5.26 Å². The monoisotopic (exact) mass is 369 g/mol. The summed E-state index contributed by atoms with van der Waals surface area (Å²) in [6.07, 6.45) is -0.381. The van der Waals surface area contributed by atoms with Gasteiger partial charge in [-0.15, -0.1) is 0 Å². The molecule has 28 heavy (non-hydrogen) atoms. The first-order chi connectivity index (χ1) is 13.7. The molecule has 1 N–H and O–H groups in total. The summed E-state index contributed by atoms with van der Waals surface area (Å²) in [5.41, 5.74) is 3.67. The summed E-state index contributed by atoms with van der Waals surface area (Å²) >= 11 is 0. The molecule has 3 aromatic rings. The van der Waals surface area contributed by atoms with Crippen LogP contribution in [0.3, 0.4) is 0 Å². The number of nitrogens with zero attached hydrogens (tertiary/aromatic N) is 2. The molecule has 0 aromatic heterocycles. The zero-order valence-electron chi connectivity index (χ0n) is 15.4. The number of anilines is 2. The Balaban J connectivity index is 1.78. The molecular formula is C23H19N3O2. The van der Waals surface area contributed by atoms with Crippen LogP contribution in [0, 0.1) is 11.3 Å². The van der Waals surface area contributed by atoms with Crippen LogP contribution in [0.5, 0.6) is 5.75 Å². The van der Waals surface area contributed by atoms with E-state index >= 15 is 0 Å². The van der Waals surface area contributed by atoms with Gasteiger partial charge in [0.25, 0.3) is 5.91 Å². The van der Waals surface area contributed by atoms with E-state index in [1.54, 1.807) is 17.0 Å². The largest absolute Gasteiger partial charge is 0.494 e. The molecule has 0 saturated carbocycles. The van der Waals surface area contributed by atoms with Gasteiger partial charge in [-0.3, -0.25) is 9.69 Å². The van der Waals surface area contributed by atoms with E-state index < -0.39 is 0 Å². The summed E-state index contributed by atoms with van der Waals surface area (Å²) in [4.78, 5) is 15.1. The SMILES string of the molecule is CCOc1ccc(N2C(=O)c3ccccc3NC2c2ccc(C#N)cc2)cc1. The summed E-state index contributed by atoms with van der Waals surface area (Å²) in [6.45, 7) is 2.52. The molecule has 3 aromatic carbocycles. The van der Waals surface area contributed by atoms with Gasteiger partial charge in [-0.1, -0.05) is 24.3 Å². The number of para-hydroxylation sites is 1. The highest BCUT2D eigenvalue weighted by Gasteiger charge is 2.33. The average Bonchev–Trinajstić information content (AvgIpc) is 2.75. The first kappa shape index (κ1) is 17.6. The number of carbonyl (C=O) groups excluding carboxylic acids is 1. The number of rotatable bonds is 4. The molecular weight excluding hydrogens is 350 g/mol. The van der Waals surface area contributed by atoms with Crippen molar-refractivity contribution < 1.29 is 9.53 Å². The Morgan fingerprint density at radius 2 is 1.75 bits per heavy atom. The van der Waals surface area contributed by atoms with E-state index in [0.717, 1.165) is 22.7 Å². The second kappa shape index (κ2) is 7.45. The van der Waals surface area contributed by atoms with E-state index in [-0.39, 0.29) is 12.1 Å². The molecule has 0 bridgehead atoms. The van der Waals surface area contributed by atoms with Crippen LogP contribution in [0.1, 0.15) is 34.6 Å². The van der Waals surface area contributed by atoms with Crippen molar-refractivity contribution in [2.45, 2.75) is 13.1 Å². The molecule has 1 amide bonds. The lowest BCUT2D eigenvalue weighted by atomic mass is 10.0. The predicted molar refractivity (Wildman–Crippen MR) is 108 cm³/mol. The molecule has 1 atom stereocenters. The van der Waals surface area contributed by atoms with Crippen LogP contribution in [0.25, 0.3) is 0 Å². The maximum Gasteiger partial charge on any atom is 0.262 e. The fourth-order valence-corrected chi connectivity index (χ4v) is 3.36. The number of amides is 1. The highest BCUT2D eigenvalue weighted by molar-refractivity contribution is 6.12. The zero-order valence-corrected chi connectivity index (χ0v) is 15.4. The molecule has 0 spiro atoms. The van der Waals surface area contributed by atoms with Crippen LogP contribution in [0.15, 0.2) is 72.8 Å². The van der Waals surface area contributed by atoms with E-state index in [1.165, 1.54) is 0 Å². The third-order valence-electron chi connectivity index (χ3n) is 4.71. The van der Waals surface area contributed by atoms with Crippen molar-refractivity contribution in [1.82, 2.24) is 0 Å². The number of fused-ring (bicyclic) bond motifs is 1. The van der Waals surface area contributed by atoms with Gasteiger partial charge < -0.3 is 10.1 Å².